The van der Waals surface area contributed by atoms with Crippen molar-refractivity contribution in [2.24, 2.45) is 0 Å². The van der Waals surface area contributed by atoms with E-state index < -0.39 is 17.8 Å². The maximum absolute atomic E-state index is 13.4. The van der Waals surface area contributed by atoms with Gasteiger partial charge in [-0.05, 0) is 46.3 Å². The molecule has 7 heteroatoms. The Morgan fingerprint density at radius 2 is 1.86 bits per heavy atom. The van der Waals surface area contributed by atoms with Gasteiger partial charge in [-0.1, -0.05) is 12.1 Å². The lowest BCUT2D eigenvalue weighted by molar-refractivity contribution is 0.0599. The van der Waals surface area contributed by atoms with Crippen molar-refractivity contribution in [3.8, 4) is 0 Å². The second-order valence-corrected chi connectivity index (χ2v) is 5.10. The maximum atomic E-state index is 13.4. The first-order valence-corrected chi connectivity index (χ1v) is 7.01. The number of para-hydroxylation sites is 1. The van der Waals surface area contributed by atoms with Crippen molar-refractivity contribution in [2.45, 2.75) is 0 Å². The number of rotatable bonds is 3. The predicted octanol–water partition coefficient (Wildman–Crippen LogP) is 4.02. The zero-order chi connectivity index (χ0) is 16.1. The number of amides is 2. The number of anilines is 2. The molecule has 0 radical (unpaired) electrons. The van der Waals surface area contributed by atoms with Crippen LogP contribution in [0.15, 0.2) is 46.9 Å². The average Bonchev–Trinajstić information content (AvgIpc) is 2.50. The van der Waals surface area contributed by atoms with E-state index in [9.17, 15) is 14.0 Å². The summed E-state index contributed by atoms with van der Waals surface area (Å²) in [7, 11) is 1.26. The molecule has 0 saturated carbocycles. The summed E-state index contributed by atoms with van der Waals surface area (Å²) in [5, 5.41) is 4.90. The highest BCUT2D eigenvalue weighted by atomic mass is 79.9. The molecule has 0 aromatic heterocycles. The Morgan fingerprint density at radius 3 is 2.55 bits per heavy atom. The van der Waals surface area contributed by atoms with Crippen molar-refractivity contribution in [3.05, 3.63) is 58.3 Å². The van der Waals surface area contributed by atoms with Crippen molar-refractivity contribution in [1.82, 2.24) is 0 Å². The molecule has 2 N–H and O–H groups in total. The van der Waals surface area contributed by atoms with Crippen molar-refractivity contribution in [3.63, 3.8) is 0 Å². The number of methoxy groups -OCH3 is 1. The molecule has 2 aromatic carbocycles. The van der Waals surface area contributed by atoms with Crippen molar-refractivity contribution >= 4 is 39.3 Å². The van der Waals surface area contributed by atoms with Crippen molar-refractivity contribution in [2.75, 3.05) is 17.7 Å². The Hall–Kier alpha value is -2.41. The molecule has 0 spiro atoms. The molecule has 114 valence electrons. The quantitative estimate of drug-likeness (QED) is 0.806. The first kappa shape index (κ1) is 16.0. The van der Waals surface area contributed by atoms with Crippen LogP contribution >= 0.6 is 15.9 Å². The van der Waals surface area contributed by atoms with Crippen LogP contribution in [0.25, 0.3) is 0 Å². The van der Waals surface area contributed by atoms with Crippen LogP contribution in [0, 0.1) is 5.82 Å². The van der Waals surface area contributed by atoms with Gasteiger partial charge in [-0.2, -0.15) is 0 Å². The van der Waals surface area contributed by atoms with E-state index in [0.29, 0.717) is 10.2 Å². The molecule has 2 rings (SSSR count). The van der Waals surface area contributed by atoms with E-state index in [1.807, 2.05) is 0 Å². The van der Waals surface area contributed by atoms with Gasteiger partial charge in [0.1, 0.15) is 5.82 Å². The molecule has 0 unspecified atom stereocenters. The summed E-state index contributed by atoms with van der Waals surface area (Å²) in [5.41, 5.74) is 0.703. The molecule has 2 amide bonds. The summed E-state index contributed by atoms with van der Waals surface area (Å²) in [5.74, 6) is -1.08. The van der Waals surface area contributed by atoms with Gasteiger partial charge in [0.15, 0.2) is 0 Å². The van der Waals surface area contributed by atoms with Crippen LogP contribution in [0.2, 0.25) is 0 Å². The number of carbonyl (C=O) groups is 2. The fourth-order valence-electron chi connectivity index (χ4n) is 1.72. The minimum Gasteiger partial charge on any atom is -0.465 e. The summed E-state index contributed by atoms with van der Waals surface area (Å²) < 4.78 is 18.6. The van der Waals surface area contributed by atoms with E-state index in [1.165, 1.54) is 31.4 Å². The topological polar surface area (TPSA) is 67.4 Å². The van der Waals surface area contributed by atoms with Crippen molar-refractivity contribution in [1.29, 1.82) is 0 Å². The smallest absolute Gasteiger partial charge is 0.339 e. The molecule has 0 bridgehead atoms. The molecule has 5 nitrogen and oxygen atoms in total. The lowest BCUT2D eigenvalue weighted by Gasteiger charge is -2.10. The highest BCUT2D eigenvalue weighted by Gasteiger charge is 2.12. The van der Waals surface area contributed by atoms with Crippen LogP contribution in [0.5, 0.6) is 0 Å². The molecule has 22 heavy (non-hydrogen) atoms. The van der Waals surface area contributed by atoms with Gasteiger partial charge in [-0.25, -0.2) is 14.0 Å². The number of hydrogen-bond acceptors (Lipinski definition) is 3. The van der Waals surface area contributed by atoms with E-state index in [0.717, 1.165) is 0 Å². The van der Waals surface area contributed by atoms with Gasteiger partial charge in [-0.15, -0.1) is 0 Å². The molecule has 0 saturated heterocycles. The number of hydrogen-bond donors (Lipinski definition) is 2. The molecule has 0 aliphatic heterocycles. The number of ether oxygens (including phenoxy) is 1. The van der Waals surface area contributed by atoms with Crippen molar-refractivity contribution < 1.29 is 18.7 Å². The van der Waals surface area contributed by atoms with E-state index in [4.69, 9.17) is 0 Å². The number of urea groups is 1. The third-order valence-electron chi connectivity index (χ3n) is 2.75. The third kappa shape index (κ3) is 3.82. The molecule has 0 fully saturated rings. The van der Waals surface area contributed by atoms with Crippen LogP contribution in [-0.2, 0) is 4.74 Å². The van der Waals surface area contributed by atoms with Crippen LogP contribution in [-0.4, -0.2) is 19.1 Å². The van der Waals surface area contributed by atoms with E-state index in [2.05, 4.69) is 31.3 Å². The molecule has 0 heterocycles. The fraction of sp³-hybridized carbons (Fsp3) is 0.0667. The molecule has 2 aromatic rings. The number of esters is 1. The van der Waals surface area contributed by atoms with Crippen LogP contribution in [0.1, 0.15) is 10.4 Å². The summed E-state index contributed by atoms with van der Waals surface area (Å²) in [4.78, 5) is 23.4. The lowest BCUT2D eigenvalue weighted by atomic mass is 10.2. The number of halogens is 2. The zero-order valence-corrected chi connectivity index (χ0v) is 13.1. The molecule has 0 atom stereocenters. The summed E-state index contributed by atoms with van der Waals surface area (Å²) >= 11 is 3.22. The van der Waals surface area contributed by atoms with E-state index in [1.54, 1.807) is 18.2 Å². The third-order valence-corrected chi connectivity index (χ3v) is 3.44. The fourth-order valence-corrected chi connectivity index (χ4v) is 2.13. The predicted molar refractivity (Wildman–Crippen MR) is 84.5 cm³/mol. The summed E-state index contributed by atoms with van der Waals surface area (Å²) in [6, 6.07) is 9.84. The van der Waals surface area contributed by atoms with Gasteiger partial charge < -0.3 is 15.4 Å². The van der Waals surface area contributed by atoms with Gasteiger partial charge in [0.2, 0.25) is 0 Å². The van der Waals surface area contributed by atoms with E-state index >= 15 is 0 Å². The minimum atomic E-state index is -0.622. The standard InChI is InChI=1S/C15H12BrFN2O3/c1-22-14(20)10-8-9(6-7-11(10)16)18-15(21)19-13-5-3-2-4-12(13)17/h2-8H,1H3,(H2,18,19,21). The SMILES string of the molecule is COC(=O)c1cc(NC(=O)Nc2ccccc2F)ccc1Br. The summed E-state index contributed by atoms with van der Waals surface area (Å²) in [6.07, 6.45) is 0. The maximum Gasteiger partial charge on any atom is 0.339 e. The van der Waals surface area contributed by atoms with Gasteiger partial charge in [0.05, 0.1) is 18.4 Å². The second-order valence-electron chi connectivity index (χ2n) is 4.25. The number of carbonyl (C=O) groups excluding carboxylic acids is 2. The normalized spacial score (nSPS) is 9.95. The highest BCUT2D eigenvalue weighted by Crippen LogP contribution is 2.22. The average molecular weight is 367 g/mol. The Kier molecular flexibility index (Phi) is 5.11. The van der Waals surface area contributed by atoms with Gasteiger partial charge in [-0.3, -0.25) is 0 Å². The Bertz CT molecular complexity index is 722. The van der Waals surface area contributed by atoms with Crippen LogP contribution in [0.3, 0.4) is 0 Å². The first-order valence-electron chi connectivity index (χ1n) is 6.21. The highest BCUT2D eigenvalue weighted by molar-refractivity contribution is 9.10. The number of benzene rings is 2. The van der Waals surface area contributed by atoms with Gasteiger partial charge >= 0.3 is 12.0 Å². The Balaban J connectivity index is 2.12. The second kappa shape index (κ2) is 7.04. The molecule has 0 aliphatic rings. The Morgan fingerprint density at radius 1 is 1.14 bits per heavy atom. The molecular formula is C15H12BrFN2O3. The Labute approximate surface area is 134 Å². The minimum absolute atomic E-state index is 0.0605. The van der Waals surface area contributed by atoms with Crippen LogP contribution in [0.4, 0.5) is 20.6 Å². The first-order chi connectivity index (χ1) is 10.5. The molecular weight excluding hydrogens is 355 g/mol. The van der Waals surface area contributed by atoms with Gasteiger partial charge in [0.25, 0.3) is 0 Å². The number of nitrogens with one attached hydrogen (secondary N) is 2. The monoisotopic (exact) mass is 366 g/mol. The largest absolute Gasteiger partial charge is 0.465 e. The van der Waals surface area contributed by atoms with E-state index in [-0.39, 0.29) is 11.3 Å². The van der Waals surface area contributed by atoms with Gasteiger partial charge in [0, 0.05) is 10.2 Å². The van der Waals surface area contributed by atoms with Crippen LogP contribution < -0.4 is 10.6 Å². The summed E-state index contributed by atoms with van der Waals surface area (Å²) in [6.45, 7) is 0. The molecule has 0 aliphatic carbocycles. The lowest BCUT2D eigenvalue weighted by Crippen LogP contribution is -2.20. The zero-order valence-electron chi connectivity index (χ0n) is 11.5.